The molecule has 0 saturated heterocycles. The number of benzene rings is 1. The normalized spacial score (nSPS) is 10.9. The van der Waals surface area contributed by atoms with Gasteiger partial charge in [0.15, 0.2) is 0 Å². The SMILES string of the molecule is C=CC/C=C(\C)COC(=O)c1ccccc1. The van der Waals surface area contributed by atoms with E-state index in [1.54, 1.807) is 12.1 Å². The van der Waals surface area contributed by atoms with Crippen molar-refractivity contribution in [3.8, 4) is 0 Å². The predicted octanol–water partition coefficient (Wildman–Crippen LogP) is 3.37. The maximum Gasteiger partial charge on any atom is 0.338 e. The molecule has 1 rings (SSSR count). The molecule has 0 amide bonds. The third-order valence-electron chi connectivity index (χ3n) is 2.07. The molecule has 0 heterocycles. The molecule has 16 heavy (non-hydrogen) atoms. The van der Waals surface area contributed by atoms with Gasteiger partial charge in [-0.3, -0.25) is 0 Å². The maximum absolute atomic E-state index is 11.6. The minimum absolute atomic E-state index is 0.285. The second kappa shape index (κ2) is 6.62. The fourth-order valence-electron chi connectivity index (χ4n) is 1.18. The standard InChI is InChI=1S/C14H16O2/c1-3-4-8-12(2)11-16-14(15)13-9-6-5-7-10-13/h3,5-10H,1,4,11H2,2H3/b12-8+. The first-order valence-corrected chi connectivity index (χ1v) is 5.22. The number of rotatable bonds is 5. The third kappa shape index (κ3) is 4.13. The van der Waals surface area contributed by atoms with Crippen molar-refractivity contribution in [2.45, 2.75) is 13.3 Å². The lowest BCUT2D eigenvalue weighted by atomic mass is 10.2. The molecule has 0 aliphatic carbocycles. The van der Waals surface area contributed by atoms with Crippen molar-refractivity contribution in [1.82, 2.24) is 0 Å². The number of carbonyl (C=O) groups is 1. The van der Waals surface area contributed by atoms with Crippen LogP contribution in [0.1, 0.15) is 23.7 Å². The van der Waals surface area contributed by atoms with Crippen LogP contribution in [-0.2, 0) is 4.74 Å². The van der Waals surface area contributed by atoms with Crippen molar-refractivity contribution in [2.75, 3.05) is 6.61 Å². The summed E-state index contributed by atoms with van der Waals surface area (Å²) in [6.07, 6.45) is 4.60. The Labute approximate surface area is 96.2 Å². The molecular weight excluding hydrogens is 200 g/mol. The average Bonchev–Trinajstić information content (AvgIpc) is 2.34. The predicted molar refractivity (Wildman–Crippen MR) is 65.3 cm³/mol. The average molecular weight is 216 g/mol. The van der Waals surface area contributed by atoms with Crippen molar-refractivity contribution in [3.05, 3.63) is 60.2 Å². The molecule has 2 heteroatoms. The highest BCUT2D eigenvalue weighted by atomic mass is 16.5. The van der Waals surface area contributed by atoms with Gasteiger partial charge >= 0.3 is 5.97 Å². The summed E-state index contributed by atoms with van der Waals surface area (Å²) in [7, 11) is 0. The van der Waals surface area contributed by atoms with Gasteiger partial charge in [0.2, 0.25) is 0 Å². The van der Waals surface area contributed by atoms with Crippen LogP contribution in [0.15, 0.2) is 54.6 Å². The van der Waals surface area contributed by atoms with Gasteiger partial charge in [-0.2, -0.15) is 0 Å². The van der Waals surface area contributed by atoms with E-state index >= 15 is 0 Å². The fourth-order valence-corrected chi connectivity index (χ4v) is 1.18. The Hall–Kier alpha value is -1.83. The highest BCUT2D eigenvalue weighted by Gasteiger charge is 2.05. The zero-order chi connectivity index (χ0) is 11.8. The molecule has 0 aliphatic rings. The first kappa shape index (κ1) is 12.2. The van der Waals surface area contributed by atoms with Gasteiger partial charge in [-0.05, 0) is 31.1 Å². The van der Waals surface area contributed by atoms with Crippen LogP contribution in [0.2, 0.25) is 0 Å². The number of ether oxygens (including phenoxy) is 1. The van der Waals surface area contributed by atoms with E-state index in [0.717, 1.165) is 12.0 Å². The Balaban J connectivity index is 2.45. The van der Waals surface area contributed by atoms with Crippen LogP contribution in [0, 0.1) is 0 Å². The van der Waals surface area contributed by atoms with E-state index in [4.69, 9.17) is 4.74 Å². The van der Waals surface area contributed by atoms with E-state index in [0.29, 0.717) is 12.2 Å². The van der Waals surface area contributed by atoms with Crippen LogP contribution in [0.5, 0.6) is 0 Å². The number of hydrogen-bond donors (Lipinski definition) is 0. The van der Waals surface area contributed by atoms with Crippen LogP contribution >= 0.6 is 0 Å². The molecule has 0 aromatic heterocycles. The zero-order valence-electron chi connectivity index (χ0n) is 9.48. The summed E-state index contributed by atoms with van der Waals surface area (Å²) in [5, 5.41) is 0. The van der Waals surface area contributed by atoms with Crippen LogP contribution in [0.25, 0.3) is 0 Å². The minimum atomic E-state index is -0.285. The Kier molecular flexibility index (Phi) is 5.06. The van der Waals surface area contributed by atoms with Crippen molar-refractivity contribution in [1.29, 1.82) is 0 Å². The molecule has 0 saturated carbocycles. The number of esters is 1. The second-order valence-corrected chi connectivity index (χ2v) is 3.52. The lowest BCUT2D eigenvalue weighted by molar-refractivity contribution is 0.0540. The Morgan fingerprint density at radius 3 is 2.69 bits per heavy atom. The summed E-state index contributed by atoms with van der Waals surface area (Å²) < 4.78 is 5.15. The lowest BCUT2D eigenvalue weighted by Gasteiger charge is -2.04. The van der Waals surface area contributed by atoms with Gasteiger partial charge in [0, 0.05) is 0 Å². The summed E-state index contributed by atoms with van der Waals surface area (Å²) in [6.45, 7) is 5.89. The zero-order valence-corrected chi connectivity index (χ0v) is 9.48. The topological polar surface area (TPSA) is 26.3 Å². The molecule has 1 aromatic carbocycles. The van der Waals surface area contributed by atoms with E-state index < -0.39 is 0 Å². The van der Waals surface area contributed by atoms with Crippen molar-refractivity contribution < 1.29 is 9.53 Å². The fraction of sp³-hybridized carbons (Fsp3) is 0.214. The molecule has 0 radical (unpaired) electrons. The largest absolute Gasteiger partial charge is 0.458 e. The van der Waals surface area contributed by atoms with Gasteiger partial charge in [0.25, 0.3) is 0 Å². The van der Waals surface area contributed by atoms with Gasteiger partial charge in [-0.1, -0.05) is 30.4 Å². The van der Waals surface area contributed by atoms with Crippen molar-refractivity contribution in [3.63, 3.8) is 0 Å². The smallest absolute Gasteiger partial charge is 0.338 e. The van der Waals surface area contributed by atoms with Crippen LogP contribution in [-0.4, -0.2) is 12.6 Å². The lowest BCUT2D eigenvalue weighted by Crippen LogP contribution is -2.06. The molecule has 84 valence electrons. The molecule has 0 spiro atoms. The van der Waals surface area contributed by atoms with E-state index in [1.165, 1.54) is 0 Å². The summed E-state index contributed by atoms with van der Waals surface area (Å²) >= 11 is 0. The highest BCUT2D eigenvalue weighted by Crippen LogP contribution is 2.03. The summed E-state index contributed by atoms with van der Waals surface area (Å²) in [5.41, 5.74) is 1.61. The summed E-state index contributed by atoms with van der Waals surface area (Å²) in [5.74, 6) is -0.285. The van der Waals surface area contributed by atoms with Crippen LogP contribution in [0.3, 0.4) is 0 Å². The van der Waals surface area contributed by atoms with Gasteiger partial charge in [0.1, 0.15) is 6.61 Å². The first-order chi connectivity index (χ1) is 7.74. The van der Waals surface area contributed by atoms with E-state index in [9.17, 15) is 4.79 Å². The van der Waals surface area contributed by atoms with Crippen molar-refractivity contribution >= 4 is 5.97 Å². The number of allylic oxidation sites excluding steroid dienone is 2. The molecule has 0 aliphatic heterocycles. The monoisotopic (exact) mass is 216 g/mol. The molecular formula is C14H16O2. The molecule has 0 N–H and O–H groups in total. The second-order valence-electron chi connectivity index (χ2n) is 3.52. The van der Waals surface area contributed by atoms with E-state index in [1.807, 2.05) is 37.3 Å². The van der Waals surface area contributed by atoms with Crippen LogP contribution < -0.4 is 0 Å². The van der Waals surface area contributed by atoms with Crippen molar-refractivity contribution in [2.24, 2.45) is 0 Å². The molecule has 1 aromatic rings. The van der Waals surface area contributed by atoms with Gasteiger partial charge in [0.05, 0.1) is 5.56 Å². The number of carbonyl (C=O) groups excluding carboxylic acids is 1. The number of hydrogen-bond acceptors (Lipinski definition) is 2. The Bertz CT molecular complexity index is 377. The summed E-state index contributed by atoms with van der Waals surface area (Å²) in [6, 6.07) is 8.98. The van der Waals surface area contributed by atoms with E-state index in [-0.39, 0.29) is 5.97 Å². The molecule has 0 fully saturated rings. The van der Waals surface area contributed by atoms with Gasteiger partial charge < -0.3 is 4.74 Å². The van der Waals surface area contributed by atoms with Gasteiger partial charge in [-0.15, -0.1) is 6.58 Å². The summed E-state index contributed by atoms with van der Waals surface area (Å²) in [4.78, 5) is 11.6. The van der Waals surface area contributed by atoms with E-state index in [2.05, 4.69) is 6.58 Å². The quantitative estimate of drug-likeness (QED) is 0.557. The molecule has 0 atom stereocenters. The van der Waals surface area contributed by atoms with Gasteiger partial charge in [-0.25, -0.2) is 4.79 Å². The molecule has 0 unspecified atom stereocenters. The minimum Gasteiger partial charge on any atom is -0.458 e. The Morgan fingerprint density at radius 1 is 1.38 bits per heavy atom. The van der Waals surface area contributed by atoms with Crippen LogP contribution in [0.4, 0.5) is 0 Å². The molecule has 0 bridgehead atoms. The maximum atomic E-state index is 11.6. The first-order valence-electron chi connectivity index (χ1n) is 5.22. The Morgan fingerprint density at radius 2 is 2.06 bits per heavy atom. The third-order valence-corrected chi connectivity index (χ3v) is 2.07. The molecule has 2 nitrogen and oxygen atoms in total. The highest BCUT2D eigenvalue weighted by molar-refractivity contribution is 5.89.